The third kappa shape index (κ3) is 2.41. The summed E-state index contributed by atoms with van der Waals surface area (Å²) in [6.45, 7) is 5.77. The molecule has 1 aromatic rings. The van der Waals surface area contributed by atoms with E-state index in [1.807, 2.05) is 7.11 Å². The van der Waals surface area contributed by atoms with E-state index in [0.717, 1.165) is 23.2 Å². The van der Waals surface area contributed by atoms with E-state index in [9.17, 15) is 0 Å². The minimum absolute atomic E-state index is 0.243. The van der Waals surface area contributed by atoms with Crippen LogP contribution in [0.5, 0.6) is 5.75 Å². The predicted octanol–water partition coefficient (Wildman–Crippen LogP) is 5.11. The van der Waals surface area contributed by atoms with Crippen molar-refractivity contribution in [3.05, 3.63) is 27.7 Å². The minimum Gasteiger partial charge on any atom is -0.496 e. The molecular weight excluding hydrogens is 340 g/mol. The zero-order chi connectivity index (χ0) is 16.0. The van der Waals surface area contributed by atoms with Gasteiger partial charge in [-0.05, 0) is 81.6 Å². The zero-order valence-electron chi connectivity index (χ0n) is 14.2. The average Bonchev–Trinajstić information content (AvgIpc) is 2.46. The number of hydrogen-bond acceptors (Lipinski definition) is 2. The Hall–Kier alpha value is -0.540. The van der Waals surface area contributed by atoms with Gasteiger partial charge in [0.1, 0.15) is 5.75 Å². The molecule has 0 aliphatic heterocycles. The lowest BCUT2D eigenvalue weighted by atomic mass is 9.50. The molecule has 0 heterocycles. The van der Waals surface area contributed by atoms with Crippen molar-refractivity contribution in [2.75, 3.05) is 20.8 Å². The molecule has 0 bridgehead atoms. The monoisotopic (exact) mass is 366 g/mol. The number of benzene rings is 1. The van der Waals surface area contributed by atoms with E-state index in [-0.39, 0.29) is 5.41 Å². The largest absolute Gasteiger partial charge is 0.496 e. The molecule has 1 fully saturated rings. The Labute approximate surface area is 142 Å². The Morgan fingerprint density at radius 3 is 2.68 bits per heavy atom. The van der Waals surface area contributed by atoms with Gasteiger partial charge in [0.2, 0.25) is 0 Å². The van der Waals surface area contributed by atoms with Gasteiger partial charge in [-0.15, -0.1) is 0 Å². The van der Waals surface area contributed by atoms with E-state index in [2.05, 4.69) is 41.9 Å². The van der Waals surface area contributed by atoms with Crippen molar-refractivity contribution in [3.63, 3.8) is 0 Å². The first kappa shape index (κ1) is 16.3. The van der Waals surface area contributed by atoms with Gasteiger partial charge >= 0.3 is 0 Å². The molecule has 0 amide bonds. The molecule has 0 spiro atoms. The number of halogens is 1. The standard InChI is InChI=1S/C19H27BrO2/c1-18(12-21-3)8-5-9-19(2)14-11-16(22-4)15(20)10-13(14)6-7-17(18)19/h10-11,17H,5-9,12H2,1-4H3/t17-,18+,19+/m0/s1. The molecule has 3 atom stereocenters. The summed E-state index contributed by atoms with van der Waals surface area (Å²) in [5.41, 5.74) is 3.53. The fourth-order valence-electron chi connectivity index (χ4n) is 5.26. The van der Waals surface area contributed by atoms with E-state index >= 15 is 0 Å². The molecule has 22 heavy (non-hydrogen) atoms. The van der Waals surface area contributed by atoms with Gasteiger partial charge in [-0.1, -0.05) is 20.3 Å². The predicted molar refractivity (Wildman–Crippen MR) is 93.7 cm³/mol. The summed E-state index contributed by atoms with van der Waals surface area (Å²) >= 11 is 3.64. The van der Waals surface area contributed by atoms with Gasteiger partial charge in [0.05, 0.1) is 18.2 Å². The topological polar surface area (TPSA) is 18.5 Å². The lowest BCUT2D eigenvalue weighted by Crippen LogP contribution is -2.50. The van der Waals surface area contributed by atoms with Crippen LogP contribution in [0.15, 0.2) is 16.6 Å². The second-order valence-electron chi connectivity index (χ2n) is 7.59. The average molecular weight is 367 g/mol. The van der Waals surface area contributed by atoms with Crippen LogP contribution < -0.4 is 4.74 Å². The first-order chi connectivity index (χ1) is 10.4. The van der Waals surface area contributed by atoms with Gasteiger partial charge in [0.25, 0.3) is 0 Å². The lowest BCUT2D eigenvalue weighted by molar-refractivity contribution is -0.0325. The number of aryl methyl sites for hydroxylation is 1. The van der Waals surface area contributed by atoms with Gasteiger partial charge in [-0.25, -0.2) is 0 Å². The lowest BCUT2D eigenvalue weighted by Gasteiger charge is -2.55. The van der Waals surface area contributed by atoms with Gasteiger partial charge in [0.15, 0.2) is 0 Å². The van der Waals surface area contributed by atoms with Crippen LogP contribution in [0.3, 0.4) is 0 Å². The highest BCUT2D eigenvalue weighted by Gasteiger charge is 2.51. The van der Waals surface area contributed by atoms with E-state index in [1.165, 1.54) is 36.8 Å². The summed E-state index contributed by atoms with van der Waals surface area (Å²) in [7, 11) is 3.60. The Kier molecular flexibility index (Phi) is 4.32. The first-order valence-corrected chi connectivity index (χ1v) is 9.10. The van der Waals surface area contributed by atoms with E-state index in [1.54, 1.807) is 7.11 Å². The van der Waals surface area contributed by atoms with Crippen LogP contribution in [0, 0.1) is 11.3 Å². The van der Waals surface area contributed by atoms with Gasteiger partial charge in [0, 0.05) is 7.11 Å². The van der Waals surface area contributed by atoms with Crippen LogP contribution in [0.2, 0.25) is 0 Å². The van der Waals surface area contributed by atoms with Crippen molar-refractivity contribution in [1.82, 2.24) is 0 Å². The molecule has 3 rings (SSSR count). The Morgan fingerprint density at radius 1 is 1.23 bits per heavy atom. The maximum atomic E-state index is 5.60. The molecule has 3 heteroatoms. The van der Waals surface area contributed by atoms with Crippen LogP contribution in [0.25, 0.3) is 0 Å². The van der Waals surface area contributed by atoms with Crippen molar-refractivity contribution in [2.24, 2.45) is 11.3 Å². The van der Waals surface area contributed by atoms with E-state index < -0.39 is 0 Å². The zero-order valence-corrected chi connectivity index (χ0v) is 15.8. The fourth-order valence-corrected chi connectivity index (χ4v) is 5.81. The number of methoxy groups -OCH3 is 2. The molecule has 1 saturated carbocycles. The van der Waals surface area contributed by atoms with E-state index in [0.29, 0.717) is 11.3 Å². The molecule has 122 valence electrons. The summed E-state index contributed by atoms with van der Waals surface area (Å²) in [6, 6.07) is 4.56. The summed E-state index contributed by atoms with van der Waals surface area (Å²) in [6.07, 6.45) is 6.27. The maximum Gasteiger partial charge on any atom is 0.133 e. The SMILES string of the molecule is COC[C@@]1(C)CCC[C@]2(C)c3cc(OC)c(Br)cc3CC[C@@H]12. The summed E-state index contributed by atoms with van der Waals surface area (Å²) in [5, 5.41) is 0. The number of hydrogen-bond donors (Lipinski definition) is 0. The Balaban J connectivity index is 2.08. The fraction of sp³-hybridized carbons (Fsp3) is 0.684. The highest BCUT2D eigenvalue weighted by molar-refractivity contribution is 9.10. The quantitative estimate of drug-likeness (QED) is 0.739. The molecule has 0 radical (unpaired) electrons. The third-order valence-corrected chi connectivity index (χ3v) is 6.84. The van der Waals surface area contributed by atoms with Crippen LogP contribution in [0.4, 0.5) is 0 Å². The Morgan fingerprint density at radius 2 is 2.00 bits per heavy atom. The van der Waals surface area contributed by atoms with Crippen molar-refractivity contribution < 1.29 is 9.47 Å². The van der Waals surface area contributed by atoms with Crippen LogP contribution in [0.1, 0.15) is 50.7 Å². The molecular formula is C19H27BrO2. The second kappa shape index (κ2) is 5.83. The van der Waals surface area contributed by atoms with Crippen LogP contribution in [-0.2, 0) is 16.6 Å². The number of rotatable bonds is 3. The van der Waals surface area contributed by atoms with E-state index in [4.69, 9.17) is 9.47 Å². The van der Waals surface area contributed by atoms with Gasteiger partial charge in [-0.3, -0.25) is 0 Å². The molecule has 0 saturated heterocycles. The third-order valence-electron chi connectivity index (χ3n) is 6.22. The van der Waals surface area contributed by atoms with Crippen molar-refractivity contribution in [2.45, 2.75) is 51.4 Å². The molecule has 0 N–H and O–H groups in total. The summed E-state index contributed by atoms with van der Waals surface area (Å²) in [4.78, 5) is 0. The smallest absolute Gasteiger partial charge is 0.133 e. The van der Waals surface area contributed by atoms with Crippen LogP contribution >= 0.6 is 15.9 Å². The minimum atomic E-state index is 0.243. The first-order valence-electron chi connectivity index (χ1n) is 8.30. The van der Waals surface area contributed by atoms with Gasteiger partial charge in [-0.2, -0.15) is 0 Å². The molecule has 1 aromatic carbocycles. The summed E-state index contributed by atoms with van der Waals surface area (Å²) < 4.78 is 12.2. The molecule has 2 aliphatic carbocycles. The highest BCUT2D eigenvalue weighted by Crippen LogP contribution is 2.58. The van der Waals surface area contributed by atoms with Gasteiger partial charge < -0.3 is 9.47 Å². The summed E-state index contributed by atoms with van der Waals surface area (Å²) in [5.74, 6) is 1.65. The van der Waals surface area contributed by atoms with Crippen molar-refractivity contribution >= 4 is 15.9 Å². The maximum absolute atomic E-state index is 5.60. The highest BCUT2D eigenvalue weighted by atomic mass is 79.9. The molecule has 2 aliphatic rings. The molecule has 0 aromatic heterocycles. The number of fused-ring (bicyclic) bond motifs is 3. The second-order valence-corrected chi connectivity index (χ2v) is 8.45. The van der Waals surface area contributed by atoms with Crippen molar-refractivity contribution in [3.8, 4) is 5.75 Å². The van der Waals surface area contributed by atoms with Crippen molar-refractivity contribution in [1.29, 1.82) is 0 Å². The normalized spacial score (nSPS) is 34.0. The molecule has 0 unspecified atom stereocenters. The number of ether oxygens (including phenoxy) is 2. The Bertz CT molecular complexity index is 567. The van der Waals surface area contributed by atoms with Crippen LogP contribution in [-0.4, -0.2) is 20.8 Å². The molecule has 2 nitrogen and oxygen atoms in total.